The van der Waals surface area contributed by atoms with E-state index in [1.165, 1.54) is 6.92 Å². The van der Waals surface area contributed by atoms with Crippen molar-refractivity contribution in [2.24, 2.45) is 11.7 Å². The summed E-state index contributed by atoms with van der Waals surface area (Å²) in [6.45, 7) is 5.24. The normalized spacial score (nSPS) is 11.9. The summed E-state index contributed by atoms with van der Waals surface area (Å²) in [5, 5.41) is 6.07. The van der Waals surface area contributed by atoms with Crippen LogP contribution in [0.4, 0.5) is 11.4 Å². The molecule has 0 spiro atoms. The Hall–Kier alpha value is -1.55. The highest BCUT2D eigenvalue weighted by atomic mass is 16.1. The first-order valence-electron chi connectivity index (χ1n) is 5.93. The van der Waals surface area contributed by atoms with Crippen LogP contribution in [0.3, 0.4) is 0 Å². The Kier molecular flexibility index (Phi) is 5.49. The van der Waals surface area contributed by atoms with Crippen LogP contribution in [0.15, 0.2) is 24.3 Å². The Balaban J connectivity index is 2.45. The van der Waals surface area contributed by atoms with Gasteiger partial charge in [0.15, 0.2) is 0 Å². The lowest BCUT2D eigenvalue weighted by molar-refractivity contribution is -0.114. The maximum Gasteiger partial charge on any atom is 0.221 e. The van der Waals surface area contributed by atoms with Crippen LogP contribution < -0.4 is 16.4 Å². The van der Waals surface area contributed by atoms with E-state index in [0.717, 1.165) is 24.3 Å². The minimum Gasteiger partial charge on any atom is -0.385 e. The van der Waals surface area contributed by atoms with Gasteiger partial charge in [0.2, 0.25) is 5.91 Å². The first kappa shape index (κ1) is 13.5. The van der Waals surface area contributed by atoms with Crippen LogP contribution in [0.1, 0.15) is 20.3 Å². The maximum absolute atomic E-state index is 10.9. The third kappa shape index (κ3) is 5.36. The number of amides is 1. The summed E-state index contributed by atoms with van der Waals surface area (Å²) in [7, 11) is 0. The molecule has 0 heterocycles. The van der Waals surface area contributed by atoms with Crippen molar-refractivity contribution in [2.45, 2.75) is 20.3 Å². The van der Waals surface area contributed by atoms with Crippen molar-refractivity contribution in [1.82, 2.24) is 0 Å². The Morgan fingerprint density at radius 1 is 1.41 bits per heavy atom. The van der Waals surface area contributed by atoms with Gasteiger partial charge in [-0.15, -0.1) is 0 Å². The summed E-state index contributed by atoms with van der Waals surface area (Å²) in [5.74, 6) is 0.472. The number of anilines is 2. The molecule has 0 aliphatic rings. The zero-order chi connectivity index (χ0) is 12.7. The first-order valence-corrected chi connectivity index (χ1v) is 5.93. The van der Waals surface area contributed by atoms with Gasteiger partial charge in [-0.1, -0.05) is 13.0 Å². The van der Waals surface area contributed by atoms with Gasteiger partial charge in [0.25, 0.3) is 0 Å². The molecular weight excluding hydrogens is 214 g/mol. The molecule has 1 rings (SSSR count). The molecule has 1 aromatic carbocycles. The average Bonchev–Trinajstić information content (AvgIpc) is 2.28. The van der Waals surface area contributed by atoms with Gasteiger partial charge in [-0.25, -0.2) is 0 Å². The van der Waals surface area contributed by atoms with Gasteiger partial charge in [-0.2, -0.15) is 0 Å². The molecule has 94 valence electrons. The van der Waals surface area contributed by atoms with Crippen molar-refractivity contribution >= 4 is 17.3 Å². The van der Waals surface area contributed by atoms with Crippen LogP contribution in [0, 0.1) is 5.92 Å². The smallest absolute Gasteiger partial charge is 0.221 e. The SMILES string of the molecule is CC(=O)Nc1cccc(NCCC(C)CN)c1. The van der Waals surface area contributed by atoms with Gasteiger partial charge in [0.1, 0.15) is 0 Å². The minimum atomic E-state index is -0.0566. The van der Waals surface area contributed by atoms with Crippen molar-refractivity contribution in [2.75, 3.05) is 23.7 Å². The molecule has 0 saturated heterocycles. The zero-order valence-corrected chi connectivity index (χ0v) is 10.5. The fraction of sp³-hybridized carbons (Fsp3) is 0.462. The summed E-state index contributed by atoms with van der Waals surface area (Å²) in [6.07, 6.45) is 1.04. The lowest BCUT2D eigenvalue weighted by Crippen LogP contribution is -2.15. The highest BCUT2D eigenvalue weighted by Crippen LogP contribution is 2.15. The molecule has 4 nitrogen and oxygen atoms in total. The molecule has 1 atom stereocenters. The van der Waals surface area contributed by atoms with E-state index in [2.05, 4.69) is 17.6 Å². The van der Waals surface area contributed by atoms with E-state index in [1.54, 1.807) is 0 Å². The van der Waals surface area contributed by atoms with Crippen molar-refractivity contribution in [3.63, 3.8) is 0 Å². The molecule has 0 aromatic heterocycles. The molecule has 1 unspecified atom stereocenters. The van der Waals surface area contributed by atoms with Gasteiger partial charge in [0, 0.05) is 24.8 Å². The van der Waals surface area contributed by atoms with Gasteiger partial charge in [0.05, 0.1) is 0 Å². The summed E-state index contributed by atoms with van der Waals surface area (Å²) in [5.41, 5.74) is 7.38. The molecule has 0 fully saturated rings. The zero-order valence-electron chi connectivity index (χ0n) is 10.5. The highest BCUT2D eigenvalue weighted by molar-refractivity contribution is 5.89. The highest BCUT2D eigenvalue weighted by Gasteiger charge is 2.00. The lowest BCUT2D eigenvalue weighted by atomic mass is 10.1. The fourth-order valence-corrected chi connectivity index (χ4v) is 1.49. The number of nitrogens with two attached hydrogens (primary N) is 1. The van der Waals surface area contributed by atoms with Crippen LogP contribution in [-0.2, 0) is 4.79 Å². The molecular formula is C13H21N3O. The largest absolute Gasteiger partial charge is 0.385 e. The third-order valence-electron chi connectivity index (χ3n) is 2.55. The van der Waals surface area contributed by atoms with Gasteiger partial charge in [-0.3, -0.25) is 4.79 Å². The number of hydrogen-bond donors (Lipinski definition) is 3. The topological polar surface area (TPSA) is 67.2 Å². The lowest BCUT2D eigenvalue weighted by Gasteiger charge is -2.11. The van der Waals surface area contributed by atoms with Gasteiger partial charge in [-0.05, 0) is 37.1 Å². The third-order valence-corrected chi connectivity index (χ3v) is 2.55. The molecule has 0 aliphatic heterocycles. The average molecular weight is 235 g/mol. The number of carbonyl (C=O) groups is 1. The number of nitrogens with one attached hydrogen (secondary N) is 2. The molecule has 0 saturated carbocycles. The Labute approximate surface area is 103 Å². The monoisotopic (exact) mass is 235 g/mol. The van der Waals surface area contributed by atoms with Crippen molar-refractivity contribution in [3.8, 4) is 0 Å². The second kappa shape index (κ2) is 6.91. The Morgan fingerprint density at radius 2 is 2.12 bits per heavy atom. The quantitative estimate of drug-likeness (QED) is 0.707. The maximum atomic E-state index is 10.9. The molecule has 17 heavy (non-hydrogen) atoms. The predicted molar refractivity (Wildman–Crippen MR) is 72.1 cm³/mol. The van der Waals surface area contributed by atoms with Crippen LogP contribution >= 0.6 is 0 Å². The van der Waals surface area contributed by atoms with E-state index in [1.807, 2.05) is 24.3 Å². The molecule has 1 amide bonds. The van der Waals surface area contributed by atoms with Gasteiger partial charge >= 0.3 is 0 Å². The molecule has 4 heteroatoms. The number of hydrogen-bond acceptors (Lipinski definition) is 3. The Bertz CT molecular complexity index is 365. The van der Waals surface area contributed by atoms with E-state index < -0.39 is 0 Å². The molecule has 4 N–H and O–H groups in total. The minimum absolute atomic E-state index is 0.0566. The van der Waals surface area contributed by atoms with Gasteiger partial charge < -0.3 is 16.4 Å². The first-order chi connectivity index (χ1) is 8.11. The van der Waals surface area contributed by atoms with E-state index in [4.69, 9.17) is 5.73 Å². The molecule has 0 radical (unpaired) electrons. The van der Waals surface area contributed by atoms with Crippen molar-refractivity contribution < 1.29 is 4.79 Å². The molecule has 0 bridgehead atoms. The number of carbonyl (C=O) groups excluding carboxylic acids is 1. The summed E-state index contributed by atoms with van der Waals surface area (Å²) in [6, 6.07) is 7.70. The van der Waals surface area contributed by atoms with E-state index >= 15 is 0 Å². The second-order valence-electron chi connectivity index (χ2n) is 4.32. The van der Waals surface area contributed by atoms with Crippen LogP contribution in [0.2, 0.25) is 0 Å². The van der Waals surface area contributed by atoms with Crippen molar-refractivity contribution in [1.29, 1.82) is 0 Å². The van der Waals surface area contributed by atoms with Crippen LogP contribution in [0.25, 0.3) is 0 Å². The number of rotatable bonds is 6. The second-order valence-corrected chi connectivity index (χ2v) is 4.32. The molecule has 0 aliphatic carbocycles. The summed E-state index contributed by atoms with van der Waals surface area (Å²) >= 11 is 0. The Morgan fingerprint density at radius 3 is 2.76 bits per heavy atom. The predicted octanol–water partition coefficient (Wildman–Crippen LogP) is 2.04. The summed E-state index contributed by atoms with van der Waals surface area (Å²) in [4.78, 5) is 10.9. The van der Waals surface area contributed by atoms with E-state index in [-0.39, 0.29) is 5.91 Å². The van der Waals surface area contributed by atoms with Crippen LogP contribution in [0.5, 0.6) is 0 Å². The van der Waals surface area contributed by atoms with Crippen LogP contribution in [-0.4, -0.2) is 19.0 Å². The standard InChI is InChI=1S/C13H21N3O/c1-10(9-14)6-7-15-12-4-3-5-13(8-12)16-11(2)17/h3-5,8,10,15H,6-7,9,14H2,1-2H3,(H,16,17). The van der Waals surface area contributed by atoms with E-state index in [9.17, 15) is 4.79 Å². The summed E-state index contributed by atoms with van der Waals surface area (Å²) < 4.78 is 0. The molecule has 1 aromatic rings. The van der Waals surface area contributed by atoms with E-state index in [0.29, 0.717) is 12.5 Å². The van der Waals surface area contributed by atoms with Crippen molar-refractivity contribution in [3.05, 3.63) is 24.3 Å². The number of benzene rings is 1. The fourth-order valence-electron chi connectivity index (χ4n) is 1.49.